The topological polar surface area (TPSA) is 46.1 Å². The number of carbonyl (C=O) groups excluding carboxylic acids is 1. The normalized spacial score (nSPS) is 17.0. The fraction of sp³-hybridized carbons (Fsp3) is 0.348. The van der Waals surface area contributed by atoms with Gasteiger partial charge in [0, 0.05) is 35.6 Å². The summed E-state index contributed by atoms with van der Waals surface area (Å²) >= 11 is 1.53. The van der Waals surface area contributed by atoms with Crippen molar-refractivity contribution in [1.29, 1.82) is 0 Å². The molecule has 162 valence electrons. The van der Waals surface area contributed by atoms with Crippen LogP contribution in [0.5, 0.6) is 0 Å². The number of pyridine rings is 1. The van der Waals surface area contributed by atoms with Crippen molar-refractivity contribution in [3.05, 3.63) is 69.8 Å². The molecule has 1 aliphatic heterocycles. The summed E-state index contributed by atoms with van der Waals surface area (Å²) < 4.78 is 39.2. The summed E-state index contributed by atoms with van der Waals surface area (Å²) in [4.78, 5) is 23.6. The Kier molecular flexibility index (Phi) is 6.09. The van der Waals surface area contributed by atoms with Gasteiger partial charge in [-0.15, -0.1) is 11.3 Å². The van der Waals surface area contributed by atoms with Gasteiger partial charge in [0.15, 0.2) is 0 Å². The highest BCUT2D eigenvalue weighted by molar-refractivity contribution is 7.09. The van der Waals surface area contributed by atoms with Crippen molar-refractivity contribution in [2.45, 2.75) is 38.3 Å². The fourth-order valence-corrected chi connectivity index (χ4v) is 4.51. The van der Waals surface area contributed by atoms with Crippen molar-refractivity contribution in [2.75, 3.05) is 13.1 Å². The maximum atomic E-state index is 13.1. The number of aromatic nitrogens is 2. The maximum Gasteiger partial charge on any atom is 0.416 e. The van der Waals surface area contributed by atoms with Gasteiger partial charge in [-0.3, -0.25) is 9.78 Å². The summed E-state index contributed by atoms with van der Waals surface area (Å²) in [6, 6.07) is 10.6. The number of likely N-dealkylation sites (tertiary alicyclic amines) is 1. The molecule has 1 fully saturated rings. The molecule has 2 aromatic heterocycles. The average Bonchev–Trinajstić information content (AvgIpc) is 3.18. The van der Waals surface area contributed by atoms with Crippen molar-refractivity contribution >= 4 is 17.2 Å². The molecule has 3 aromatic rings. The van der Waals surface area contributed by atoms with Crippen LogP contribution in [0.1, 0.15) is 40.7 Å². The molecule has 0 aliphatic carbocycles. The average molecular weight is 446 g/mol. The lowest BCUT2D eigenvalue weighted by Crippen LogP contribution is -2.40. The van der Waals surface area contributed by atoms with Crippen molar-refractivity contribution in [2.24, 2.45) is 0 Å². The first-order chi connectivity index (χ1) is 14.8. The number of halogens is 3. The van der Waals surface area contributed by atoms with Crippen LogP contribution in [-0.4, -0.2) is 33.9 Å². The molecule has 1 saturated heterocycles. The molecule has 0 radical (unpaired) electrons. The van der Waals surface area contributed by atoms with E-state index in [1.165, 1.54) is 17.4 Å². The van der Waals surface area contributed by atoms with Gasteiger partial charge in [0.1, 0.15) is 0 Å². The molecule has 0 N–H and O–H groups in total. The summed E-state index contributed by atoms with van der Waals surface area (Å²) in [7, 11) is 0. The number of alkyl halides is 3. The molecule has 1 unspecified atom stereocenters. The summed E-state index contributed by atoms with van der Waals surface area (Å²) in [5, 5.41) is 2.85. The largest absolute Gasteiger partial charge is 0.416 e. The molecule has 4 rings (SSSR count). The highest BCUT2D eigenvalue weighted by Crippen LogP contribution is 2.33. The molecular formula is C23H22F3N3OS. The first kappa shape index (κ1) is 21.5. The van der Waals surface area contributed by atoms with Crippen LogP contribution in [0, 0.1) is 6.92 Å². The third-order valence-corrected chi connectivity index (χ3v) is 6.27. The van der Waals surface area contributed by atoms with E-state index in [2.05, 4.69) is 9.97 Å². The van der Waals surface area contributed by atoms with Gasteiger partial charge in [-0.25, -0.2) is 4.98 Å². The third kappa shape index (κ3) is 5.12. The first-order valence-electron chi connectivity index (χ1n) is 10.1. The van der Waals surface area contributed by atoms with E-state index in [9.17, 15) is 18.0 Å². The van der Waals surface area contributed by atoms with Gasteiger partial charge in [-0.1, -0.05) is 18.2 Å². The molecule has 3 heterocycles. The molecule has 1 atom stereocenters. The zero-order valence-corrected chi connectivity index (χ0v) is 17.8. The number of hydrogen-bond donors (Lipinski definition) is 0. The van der Waals surface area contributed by atoms with Gasteiger partial charge in [-0.2, -0.15) is 13.2 Å². The summed E-state index contributed by atoms with van der Waals surface area (Å²) in [5.74, 6) is 0.102. The second-order valence-corrected chi connectivity index (χ2v) is 8.80. The fourth-order valence-electron chi connectivity index (χ4n) is 3.90. The molecule has 1 amide bonds. The Hall–Kier alpha value is -2.74. The van der Waals surface area contributed by atoms with Crippen molar-refractivity contribution in [3.8, 4) is 11.3 Å². The van der Waals surface area contributed by atoms with Gasteiger partial charge >= 0.3 is 6.18 Å². The minimum atomic E-state index is -4.40. The Morgan fingerprint density at radius 2 is 2.00 bits per heavy atom. The highest BCUT2D eigenvalue weighted by atomic mass is 32.1. The molecule has 0 saturated carbocycles. The highest BCUT2D eigenvalue weighted by Gasteiger charge is 2.31. The van der Waals surface area contributed by atoms with Crippen LogP contribution >= 0.6 is 11.3 Å². The third-order valence-electron chi connectivity index (χ3n) is 5.45. The molecular weight excluding hydrogens is 423 g/mol. The smallest absolute Gasteiger partial charge is 0.342 e. The predicted molar refractivity (Wildman–Crippen MR) is 114 cm³/mol. The lowest BCUT2D eigenvalue weighted by atomic mass is 9.93. The number of amides is 1. The lowest BCUT2D eigenvalue weighted by molar-refractivity contribution is -0.137. The van der Waals surface area contributed by atoms with E-state index >= 15 is 0 Å². The standard InChI is InChI=1S/C23H22F3N3OS/c1-15-27-19(14-31-15)12-22(30)29-10-4-6-17(13-29)21-9-3-8-20(28-21)16-5-2-7-18(11-16)23(24,25)26/h2-3,5,7-9,11,14,17H,4,6,10,12-13H2,1H3. The Balaban J connectivity index is 1.50. The SMILES string of the molecule is Cc1nc(CC(=O)N2CCCC(c3cccc(-c4cccc(C(F)(F)F)c4)n3)C2)cs1. The van der Waals surface area contributed by atoms with E-state index in [0.717, 1.165) is 41.4 Å². The van der Waals surface area contributed by atoms with E-state index in [4.69, 9.17) is 0 Å². The van der Waals surface area contributed by atoms with E-state index in [-0.39, 0.29) is 18.2 Å². The van der Waals surface area contributed by atoms with Gasteiger partial charge in [0.25, 0.3) is 0 Å². The van der Waals surface area contributed by atoms with Gasteiger partial charge in [0.05, 0.1) is 28.4 Å². The first-order valence-corrected chi connectivity index (χ1v) is 11.0. The van der Waals surface area contributed by atoms with Gasteiger partial charge < -0.3 is 4.90 Å². The number of piperidine rings is 1. The predicted octanol–water partition coefficient (Wildman–Crippen LogP) is 5.48. The minimum Gasteiger partial charge on any atom is -0.342 e. The van der Waals surface area contributed by atoms with Gasteiger partial charge in [0.2, 0.25) is 5.91 Å². The number of thiazole rings is 1. The molecule has 31 heavy (non-hydrogen) atoms. The number of nitrogens with zero attached hydrogens (tertiary/aromatic N) is 3. The zero-order valence-electron chi connectivity index (χ0n) is 17.0. The number of benzene rings is 1. The maximum absolute atomic E-state index is 13.1. The van der Waals surface area contributed by atoms with Crippen LogP contribution < -0.4 is 0 Å². The van der Waals surface area contributed by atoms with Crippen molar-refractivity contribution < 1.29 is 18.0 Å². The molecule has 0 bridgehead atoms. The molecule has 1 aromatic carbocycles. The minimum absolute atomic E-state index is 0.0454. The molecule has 1 aliphatic rings. The van der Waals surface area contributed by atoms with Crippen molar-refractivity contribution in [3.63, 3.8) is 0 Å². The summed E-state index contributed by atoms with van der Waals surface area (Å²) in [5.41, 5.74) is 1.84. The van der Waals surface area contributed by atoms with E-state index in [0.29, 0.717) is 24.3 Å². The number of carbonyl (C=O) groups is 1. The lowest BCUT2D eigenvalue weighted by Gasteiger charge is -2.32. The van der Waals surface area contributed by atoms with Crippen LogP contribution in [-0.2, 0) is 17.4 Å². The van der Waals surface area contributed by atoms with E-state index < -0.39 is 11.7 Å². The second-order valence-electron chi connectivity index (χ2n) is 7.74. The van der Waals surface area contributed by atoms with Crippen LogP contribution in [0.15, 0.2) is 47.8 Å². The quantitative estimate of drug-likeness (QED) is 0.534. The number of aryl methyl sites for hydroxylation is 1. The Morgan fingerprint density at radius 1 is 1.19 bits per heavy atom. The van der Waals surface area contributed by atoms with Crippen LogP contribution in [0.3, 0.4) is 0 Å². The number of hydrogen-bond acceptors (Lipinski definition) is 4. The van der Waals surface area contributed by atoms with Crippen LogP contribution in [0.2, 0.25) is 0 Å². The molecule has 4 nitrogen and oxygen atoms in total. The summed E-state index contributed by atoms with van der Waals surface area (Å²) in [6.07, 6.45) is -2.36. The van der Waals surface area contributed by atoms with E-state index in [1.807, 2.05) is 29.3 Å². The van der Waals surface area contributed by atoms with Crippen molar-refractivity contribution in [1.82, 2.24) is 14.9 Å². The van der Waals surface area contributed by atoms with Crippen LogP contribution in [0.4, 0.5) is 13.2 Å². The Morgan fingerprint density at radius 3 is 2.74 bits per heavy atom. The van der Waals surface area contributed by atoms with E-state index in [1.54, 1.807) is 12.1 Å². The zero-order chi connectivity index (χ0) is 22.0. The monoisotopic (exact) mass is 445 g/mol. The Bertz CT molecular complexity index is 1080. The molecule has 8 heteroatoms. The Labute approximate surface area is 182 Å². The second kappa shape index (κ2) is 8.78. The van der Waals surface area contributed by atoms with Gasteiger partial charge in [-0.05, 0) is 44.0 Å². The van der Waals surface area contributed by atoms with Crippen LogP contribution in [0.25, 0.3) is 11.3 Å². The summed E-state index contributed by atoms with van der Waals surface area (Å²) in [6.45, 7) is 3.17. The number of rotatable bonds is 4. The molecule has 0 spiro atoms.